The maximum atomic E-state index is 13.8. The zero-order valence-electron chi connectivity index (χ0n) is 19.5. The van der Waals surface area contributed by atoms with Crippen molar-refractivity contribution >= 4 is 44.7 Å². The van der Waals surface area contributed by atoms with E-state index in [0.717, 1.165) is 53.9 Å². The van der Waals surface area contributed by atoms with Crippen LogP contribution in [0.15, 0.2) is 48.8 Å². The highest BCUT2D eigenvalue weighted by Gasteiger charge is 2.61. The quantitative estimate of drug-likeness (QED) is 0.347. The van der Waals surface area contributed by atoms with E-state index < -0.39 is 0 Å². The second-order valence-corrected chi connectivity index (χ2v) is 12.3. The van der Waals surface area contributed by atoms with E-state index in [4.69, 9.17) is 16.6 Å². The first-order chi connectivity index (χ1) is 16.9. The Hall–Kier alpha value is -2.77. The SMILES string of the molecule is Cc1ccc2nc(-c3ccc(NC(=O)C45C[C@H]6C[C@H](C4)CC(n4cnc(Cl)n4)(C6)C5)cc3)sc2c1. The number of nitrogens with one attached hydrogen (secondary N) is 1. The fraction of sp³-hybridized carbons (Fsp3) is 0.407. The molecule has 0 saturated heterocycles. The van der Waals surface area contributed by atoms with Crippen molar-refractivity contribution in [3.05, 3.63) is 59.6 Å². The van der Waals surface area contributed by atoms with Gasteiger partial charge in [0.15, 0.2) is 0 Å². The summed E-state index contributed by atoms with van der Waals surface area (Å²) >= 11 is 7.77. The average Bonchev–Trinajstić information content (AvgIpc) is 3.45. The van der Waals surface area contributed by atoms with Gasteiger partial charge in [-0.3, -0.25) is 4.79 Å². The number of benzene rings is 2. The highest BCUT2D eigenvalue weighted by atomic mass is 35.5. The number of rotatable bonds is 4. The molecule has 35 heavy (non-hydrogen) atoms. The van der Waals surface area contributed by atoms with Crippen molar-refractivity contribution < 1.29 is 4.79 Å². The lowest BCUT2D eigenvalue weighted by atomic mass is 9.46. The molecule has 178 valence electrons. The molecule has 0 radical (unpaired) electrons. The first-order valence-corrected chi connectivity index (χ1v) is 13.5. The van der Waals surface area contributed by atoms with Crippen LogP contribution in [0.1, 0.15) is 44.1 Å². The normalized spacial score (nSPS) is 29.1. The number of nitrogens with zero attached hydrogens (tertiary/aromatic N) is 4. The molecular weight excluding hydrogens is 478 g/mol. The Kier molecular flexibility index (Phi) is 4.68. The van der Waals surface area contributed by atoms with Gasteiger partial charge in [0.1, 0.15) is 11.3 Å². The fourth-order valence-electron chi connectivity index (χ4n) is 7.33. The molecule has 6 nitrogen and oxygen atoms in total. The monoisotopic (exact) mass is 503 g/mol. The molecule has 2 heterocycles. The Morgan fingerprint density at radius 3 is 2.60 bits per heavy atom. The molecule has 8 heteroatoms. The number of anilines is 1. The van der Waals surface area contributed by atoms with Gasteiger partial charge in [-0.2, -0.15) is 0 Å². The van der Waals surface area contributed by atoms with Gasteiger partial charge in [0.05, 0.1) is 21.2 Å². The summed E-state index contributed by atoms with van der Waals surface area (Å²) in [7, 11) is 0. The molecular formula is C27H26ClN5OS. The van der Waals surface area contributed by atoms with Gasteiger partial charge in [0.2, 0.25) is 11.2 Å². The van der Waals surface area contributed by atoms with Crippen LogP contribution in [-0.2, 0) is 10.3 Å². The summed E-state index contributed by atoms with van der Waals surface area (Å²) in [6.07, 6.45) is 7.83. The van der Waals surface area contributed by atoms with E-state index in [1.807, 2.05) is 16.8 Å². The lowest BCUT2D eigenvalue weighted by Gasteiger charge is -2.60. The number of hydrogen-bond donors (Lipinski definition) is 1. The molecule has 0 spiro atoms. The molecule has 2 atom stereocenters. The molecule has 8 rings (SSSR count). The van der Waals surface area contributed by atoms with Gasteiger partial charge in [0, 0.05) is 11.3 Å². The third-order valence-corrected chi connectivity index (χ3v) is 9.64. The van der Waals surface area contributed by atoms with Gasteiger partial charge in [0.25, 0.3) is 0 Å². The molecule has 4 aliphatic carbocycles. The third kappa shape index (κ3) is 3.51. The predicted octanol–water partition coefficient (Wildman–Crippen LogP) is 6.45. The van der Waals surface area contributed by atoms with Crippen LogP contribution in [-0.4, -0.2) is 25.7 Å². The van der Waals surface area contributed by atoms with Crippen molar-refractivity contribution in [1.29, 1.82) is 0 Å². The predicted molar refractivity (Wildman–Crippen MR) is 139 cm³/mol. The topological polar surface area (TPSA) is 72.7 Å². The Morgan fingerprint density at radius 2 is 1.89 bits per heavy atom. The summed E-state index contributed by atoms with van der Waals surface area (Å²) in [5.41, 5.74) is 3.67. The average molecular weight is 504 g/mol. The molecule has 2 aromatic heterocycles. The van der Waals surface area contributed by atoms with Crippen molar-refractivity contribution in [2.75, 3.05) is 5.32 Å². The Balaban J connectivity index is 1.13. The molecule has 1 amide bonds. The van der Waals surface area contributed by atoms with Crippen molar-refractivity contribution in [1.82, 2.24) is 19.7 Å². The summed E-state index contributed by atoms with van der Waals surface area (Å²) in [4.78, 5) is 22.7. The van der Waals surface area contributed by atoms with Crippen LogP contribution in [0.25, 0.3) is 20.8 Å². The van der Waals surface area contributed by atoms with Crippen molar-refractivity contribution in [3.63, 3.8) is 0 Å². The van der Waals surface area contributed by atoms with Crippen LogP contribution in [0.2, 0.25) is 5.28 Å². The molecule has 0 unspecified atom stereocenters. The van der Waals surface area contributed by atoms with Gasteiger partial charge < -0.3 is 5.32 Å². The number of halogens is 1. The summed E-state index contributed by atoms with van der Waals surface area (Å²) in [5.74, 6) is 1.25. The summed E-state index contributed by atoms with van der Waals surface area (Å²) in [6, 6.07) is 14.4. The van der Waals surface area contributed by atoms with Gasteiger partial charge in [-0.05, 0) is 111 Å². The van der Waals surface area contributed by atoms with Crippen molar-refractivity contribution in [2.24, 2.45) is 17.3 Å². The first-order valence-electron chi connectivity index (χ1n) is 12.3. The van der Waals surface area contributed by atoms with Gasteiger partial charge in [-0.15, -0.1) is 16.4 Å². The Bertz CT molecular complexity index is 1440. The van der Waals surface area contributed by atoms with E-state index in [9.17, 15) is 4.79 Å². The van der Waals surface area contributed by atoms with Crippen LogP contribution >= 0.6 is 22.9 Å². The number of carbonyl (C=O) groups excluding carboxylic acids is 1. The summed E-state index contributed by atoms with van der Waals surface area (Å²) < 4.78 is 3.16. The standard InChI is InChI=1S/C27H26ClN5OS/c1-16-2-7-21-22(8-16)35-23(31-21)19-3-5-20(6-4-19)30-24(34)26-10-17-9-18(11-26)13-27(12-17,14-26)33-15-29-25(28)32-33/h2-8,15,17-18H,9-14H2,1H3,(H,30,34)/t17-,18-,26?,27?/m1/s1. The zero-order chi connectivity index (χ0) is 23.8. The summed E-state index contributed by atoms with van der Waals surface area (Å²) in [5, 5.41) is 9.01. The van der Waals surface area contributed by atoms with Crippen molar-refractivity contribution in [2.45, 2.75) is 51.0 Å². The fourth-order valence-corrected chi connectivity index (χ4v) is 8.53. The maximum Gasteiger partial charge on any atom is 0.242 e. The van der Waals surface area contributed by atoms with Crippen LogP contribution in [0.4, 0.5) is 5.69 Å². The van der Waals surface area contributed by atoms with Crippen LogP contribution in [0.5, 0.6) is 0 Å². The molecule has 4 bridgehead atoms. The molecule has 0 aliphatic heterocycles. The van der Waals surface area contributed by atoms with Crippen LogP contribution in [0, 0.1) is 24.2 Å². The van der Waals surface area contributed by atoms with E-state index in [-0.39, 0.29) is 22.1 Å². The molecule has 1 N–H and O–H groups in total. The molecule has 4 aromatic rings. The zero-order valence-corrected chi connectivity index (χ0v) is 21.1. The van der Waals surface area contributed by atoms with Crippen LogP contribution in [0.3, 0.4) is 0 Å². The highest BCUT2D eigenvalue weighted by Crippen LogP contribution is 2.64. The van der Waals surface area contributed by atoms with E-state index in [2.05, 4.69) is 52.7 Å². The first kappa shape index (κ1) is 21.5. The van der Waals surface area contributed by atoms with E-state index in [1.165, 1.54) is 16.7 Å². The van der Waals surface area contributed by atoms with E-state index >= 15 is 0 Å². The molecule has 4 saturated carbocycles. The molecule has 4 aliphatic rings. The van der Waals surface area contributed by atoms with Gasteiger partial charge in [-0.25, -0.2) is 14.6 Å². The minimum atomic E-state index is -0.355. The summed E-state index contributed by atoms with van der Waals surface area (Å²) in [6.45, 7) is 2.10. The Morgan fingerprint density at radius 1 is 1.11 bits per heavy atom. The molecule has 4 fully saturated rings. The maximum absolute atomic E-state index is 13.8. The van der Waals surface area contributed by atoms with E-state index in [1.54, 1.807) is 17.7 Å². The minimum absolute atomic E-state index is 0.142. The van der Waals surface area contributed by atoms with Crippen LogP contribution < -0.4 is 5.32 Å². The lowest BCUT2D eigenvalue weighted by Crippen LogP contribution is -2.60. The Labute approximate surface area is 212 Å². The number of fused-ring (bicyclic) bond motifs is 1. The highest BCUT2D eigenvalue weighted by molar-refractivity contribution is 7.21. The number of amides is 1. The number of thiazole rings is 1. The number of aromatic nitrogens is 4. The van der Waals surface area contributed by atoms with E-state index in [0.29, 0.717) is 11.8 Å². The number of aryl methyl sites for hydroxylation is 1. The second kappa shape index (κ2) is 7.61. The largest absolute Gasteiger partial charge is 0.326 e. The van der Waals surface area contributed by atoms with Gasteiger partial charge in [-0.1, -0.05) is 6.07 Å². The van der Waals surface area contributed by atoms with Crippen molar-refractivity contribution in [3.8, 4) is 10.6 Å². The number of carbonyl (C=O) groups is 1. The number of hydrogen-bond acceptors (Lipinski definition) is 5. The molecule has 2 aromatic carbocycles. The second-order valence-electron chi connectivity index (χ2n) is 10.9. The lowest BCUT2D eigenvalue weighted by molar-refractivity contribution is -0.150. The minimum Gasteiger partial charge on any atom is -0.326 e. The van der Waals surface area contributed by atoms with Gasteiger partial charge >= 0.3 is 0 Å². The smallest absolute Gasteiger partial charge is 0.242 e. The third-order valence-electron chi connectivity index (χ3n) is 8.40.